The molecule has 4 fully saturated rings. The van der Waals surface area contributed by atoms with E-state index in [-0.39, 0.29) is 11.5 Å². The van der Waals surface area contributed by atoms with Gasteiger partial charge in [0.05, 0.1) is 18.3 Å². The molecule has 3 N–H and O–H groups in total. The molecule has 0 aliphatic heterocycles. The summed E-state index contributed by atoms with van der Waals surface area (Å²) < 4.78 is 0. The maximum absolute atomic E-state index is 10.5. The topological polar surface area (TPSA) is 60.7 Å². The Balaban J connectivity index is 1.63. The van der Waals surface area contributed by atoms with Crippen molar-refractivity contribution in [1.29, 1.82) is 0 Å². The molecule has 9 atom stereocenters. The second-order valence-corrected chi connectivity index (χ2v) is 9.38. The van der Waals surface area contributed by atoms with Crippen molar-refractivity contribution in [2.75, 3.05) is 0 Å². The van der Waals surface area contributed by atoms with E-state index in [1.165, 1.54) is 19.3 Å². The van der Waals surface area contributed by atoms with E-state index in [9.17, 15) is 15.3 Å². The minimum Gasteiger partial charge on any atom is -0.393 e. The molecule has 0 heterocycles. The van der Waals surface area contributed by atoms with E-state index in [4.69, 9.17) is 0 Å². The monoisotopic (exact) mass is 308 g/mol. The number of hydrogen-bond donors (Lipinski definition) is 3. The first-order valence-corrected chi connectivity index (χ1v) is 9.40. The van der Waals surface area contributed by atoms with Gasteiger partial charge in [0.25, 0.3) is 0 Å². The third-order valence-electron chi connectivity index (χ3n) is 8.61. The number of fused-ring (bicyclic) bond motifs is 5. The highest BCUT2D eigenvalue weighted by molar-refractivity contribution is 5.11. The van der Waals surface area contributed by atoms with Gasteiger partial charge in [-0.2, -0.15) is 0 Å². The normalized spacial score (nSPS) is 61.2. The van der Waals surface area contributed by atoms with Crippen molar-refractivity contribution in [1.82, 2.24) is 0 Å². The molecule has 4 rings (SSSR count). The zero-order chi connectivity index (χ0) is 15.7. The maximum Gasteiger partial charge on any atom is 0.0855 e. The highest BCUT2D eigenvalue weighted by Gasteiger charge is 2.61. The Morgan fingerprint density at radius 2 is 1.50 bits per heavy atom. The summed E-state index contributed by atoms with van der Waals surface area (Å²) >= 11 is 0. The van der Waals surface area contributed by atoms with E-state index in [1.54, 1.807) is 0 Å². The van der Waals surface area contributed by atoms with Gasteiger partial charge in [0, 0.05) is 0 Å². The maximum atomic E-state index is 10.5. The minimum absolute atomic E-state index is 0.0715. The number of aliphatic hydroxyl groups is 3. The van der Waals surface area contributed by atoms with Gasteiger partial charge in [0.15, 0.2) is 0 Å². The number of aliphatic hydroxyl groups excluding tert-OH is 3. The fraction of sp³-hybridized carbons (Fsp3) is 1.00. The highest BCUT2D eigenvalue weighted by atomic mass is 16.3. The quantitative estimate of drug-likeness (QED) is 0.645. The van der Waals surface area contributed by atoms with E-state index < -0.39 is 12.2 Å². The molecule has 0 aromatic heterocycles. The van der Waals surface area contributed by atoms with E-state index >= 15 is 0 Å². The van der Waals surface area contributed by atoms with Gasteiger partial charge >= 0.3 is 0 Å². The fourth-order valence-corrected chi connectivity index (χ4v) is 7.22. The molecule has 0 aromatic rings. The summed E-state index contributed by atoms with van der Waals surface area (Å²) in [7, 11) is 0. The van der Waals surface area contributed by atoms with Crippen LogP contribution in [0.15, 0.2) is 0 Å². The van der Waals surface area contributed by atoms with Crippen LogP contribution in [0, 0.1) is 34.5 Å². The smallest absolute Gasteiger partial charge is 0.0855 e. The lowest BCUT2D eigenvalue weighted by molar-refractivity contribution is -0.135. The zero-order valence-electron chi connectivity index (χ0n) is 14.0. The van der Waals surface area contributed by atoms with E-state index in [0.717, 1.165) is 38.0 Å². The third-order valence-corrected chi connectivity index (χ3v) is 8.61. The van der Waals surface area contributed by atoms with E-state index in [1.807, 2.05) is 0 Å². The Morgan fingerprint density at radius 3 is 2.27 bits per heavy atom. The molecule has 3 nitrogen and oxygen atoms in total. The summed E-state index contributed by atoms with van der Waals surface area (Å²) in [6.07, 6.45) is 7.49. The van der Waals surface area contributed by atoms with Crippen molar-refractivity contribution in [3.63, 3.8) is 0 Å². The van der Waals surface area contributed by atoms with Crippen LogP contribution >= 0.6 is 0 Å². The molecule has 0 amide bonds. The first-order valence-electron chi connectivity index (χ1n) is 9.40. The Kier molecular flexibility index (Phi) is 3.46. The Labute approximate surface area is 134 Å². The molecule has 2 unspecified atom stereocenters. The van der Waals surface area contributed by atoms with Crippen LogP contribution in [-0.2, 0) is 0 Å². The molecule has 0 aromatic carbocycles. The summed E-state index contributed by atoms with van der Waals surface area (Å²) in [6, 6.07) is 0. The van der Waals surface area contributed by atoms with Crippen LogP contribution in [0.1, 0.15) is 65.2 Å². The predicted octanol–water partition coefficient (Wildman–Crippen LogP) is 2.72. The first-order chi connectivity index (χ1) is 10.4. The summed E-state index contributed by atoms with van der Waals surface area (Å²) in [5, 5.41) is 30.8. The summed E-state index contributed by atoms with van der Waals surface area (Å²) in [4.78, 5) is 0. The molecular formula is C19H32O3. The lowest BCUT2D eigenvalue weighted by Crippen LogP contribution is -2.54. The predicted molar refractivity (Wildman–Crippen MR) is 85.1 cm³/mol. The van der Waals surface area contributed by atoms with Crippen molar-refractivity contribution in [2.24, 2.45) is 34.5 Å². The van der Waals surface area contributed by atoms with Gasteiger partial charge in [-0.05, 0) is 85.9 Å². The number of hydrogen-bond acceptors (Lipinski definition) is 3. The zero-order valence-corrected chi connectivity index (χ0v) is 14.0. The Morgan fingerprint density at radius 1 is 0.773 bits per heavy atom. The van der Waals surface area contributed by atoms with Crippen LogP contribution in [0.5, 0.6) is 0 Å². The molecule has 126 valence electrons. The lowest BCUT2D eigenvalue weighted by Gasteiger charge is -2.60. The molecule has 4 aliphatic rings. The molecule has 4 saturated carbocycles. The van der Waals surface area contributed by atoms with Gasteiger partial charge in [-0.15, -0.1) is 0 Å². The number of rotatable bonds is 0. The lowest BCUT2D eigenvalue weighted by atomic mass is 9.45. The average molecular weight is 308 g/mol. The molecule has 0 radical (unpaired) electrons. The van der Waals surface area contributed by atoms with Crippen molar-refractivity contribution in [2.45, 2.75) is 83.5 Å². The van der Waals surface area contributed by atoms with Crippen LogP contribution in [0.4, 0.5) is 0 Å². The minimum atomic E-state index is -0.530. The highest BCUT2D eigenvalue weighted by Crippen LogP contribution is 2.66. The van der Waals surface area contributed by atoms with Gasteiger partial charge in [-0.3, -0.25) is 0 Å². The molecule has 0 spiro atoms. The SMILES string of the molecule is C[C@]12CC[C@H]3[C@@H](CCC4CC(O)CC[C@@]43C)[C@@H]1C[C@H](O)[C@H]2O. The third kappa shape index (κ3) is 1.91. The van der Waals surface area contributed by atoms with E-state index in [0.29, 0.717) is 23.2 Å². The molecule has 4 aliphatic carbocycles. The standard InChI is InChI=1S/C19H32O3/c1-18-7-5-12(20)9-11(18)3-4-13-14(18)6-8-19(2)15(13)10-16(21)17(19)22/h11-17,20-22H,3-10H2,1-2H3/t11?,12?,13-,14+,15+,16+,17-,18+,19+/m1/s1. The molecule has 3 heteroatoms. The van der Waals surface area contributed by atoms with Crippen LogP contribution in [0.25, 0.3) is 0 Å². The largest absolute Gasteiger partial charge is 0.393 e. The van der Waals surface area contributed by atoms with Gasteiger partial charge in [-0.1, -0.05) is 13.8 Å². The molecule has 22 heavy (non-hydrogen) atoms. The average Bonchev–Trinajstić information content (AvgIpc) is 2.72. The van der Waals surface area contributed by atoms with Crippen molar-refractivity contribution >= 4 is 0 Å². The molecule has 0 saturated heterocycles. The summed E-state index contributed by atoms with van der Waals surface area (Å²) in [5.41, 5.74) is 0.305. The molecular weight excluding hydrogens is 276 g/mol. The summed E-state index contributed by atoms with van der Waals surface area (Å²) in [6.45, 7) is 4.69. The van der Waals surface area contributed by atoms with Crippen LogP contribution < -0.4 is 0 Å². The second kappa shape index (κ2) is 4.94. The van der Waals surface area contributed by atoms with Crippen LogP contribution in [-0.4, -0.2) is 33.6 Å². The summed E-state index contributed by atoms with van der Waals surface area (Å²) in [5.74, 6) is 2.57. The van der Waals surface area contributed by atoms with E-state index in [2.05, 4.69) is 13.8 Å². The van der Waals surface area contributed by atoms with Gasteiger partial charge < -0.3 is 15.3 Å². The van der Waals surface area contributed by atoms with Crippen molar-refractivity contribution < 1.29 is 15.3 Å². The van der Waals surface area contributed by atoms with Gasteiger partial charge in [0.1, 0.15) is 0 Å². The van der Waals surface area contributed by atoms with Gasteiger partial charge in [-0.25, -0.2) is 0 Å². The van der Waals surface area contributed by atoms with Crippen molar-refractivity contribution in [3.05, 3.63) is 0 Å². The Hall–Kier alpha value is -0.120. The fourth-order valence-electron chi connectivity index (χ4n) is 7.22. The van der Waals surface area contributed by atoms with Crippen LogP contribution in [0.3, 0.4) is 0 Å². The van der Waals surface area contributed by atoms with Crippen molar-refractivity contribution in [3.8, 4) is 0 Å². The first kappa shape index (κ1) is 15.4. The molecule has 0 bridgehead atoms. The second-order valence-electron chi connectivity index (χ2n) is 9.38. The Bertz CT molecular complexity index is 452. The van der Waals surface area contributed by atoms with Crippen LogP contribution in [0.2, 0.25) is 0 Å². The van der Waals surface area contributed by atoms with Gasteiger partial charge in [0.2, 0.25) is 0 Å².